The Labute approximate surface area is 141 Å². The highest BCUT2D eigenvalue weighted by molar-refractivity contribution is 5.91. The van der Waals surface area contributed by atoms with Gasteiger partial charge in [0.1, 0.15) is 11.6 Å². The average Bonchev–Trinajstić information content (AvgIpc) is 2.90. The molecule has 1 amide bonds. The maximum atomic E-state index is 13.3. The summed E-state index contributed by atoms with van der Waals surface area (Å²) in [7, 11) is 0. The number of carbonyl (C=O) groups excluding carboxylic acids is 1. The number of halogens is 4. The van der Waals surface area contributed by atoms with Gasteiger partial charge in [0, 0.05) is 12.1 Å². The van der Waals surface area contributed by atoms with E-state index in [9.17, 15) is 27.5 Å². The quantitative estimate of drug-likeness (QED) is 0.791. The molecule has 0 aromatic heterocycles. The van der Waals surface area contributed by atoms with Crippen LogP contribution in [0.4, 0.5) is 17.6 Å². The van der Waals surface area contributed by atoms with Gasteiger partial charge in [-0.1, -0.05) is 13.3 Å². The number of hydrogen-bond acceptors (Lipinski definition) is 4. The normalized spacial score (nSPS) is 20.6. The molecule has 25 heavy (non-hydrogen) atoms. The maximum Gasteiger partial charge on any atom is 0.438 e. The minimum absolute atomic E-state index is 0.0432. The lowest BCUT2D eigenvalue weighted by atomic mass is 10.0. The molecule has 0 saturated heterocycles. The van der Waals surface area contributed by atoms with Gasteiger partial charge in [-0.15, -0.1) is 0 Å². The van der Waals surface area contributed by atoms with E-state index in [4.69, 9.17) is 4.74 Å². The zero-order valence-electron chi connectivity index (χ0n) is 13.5. The first kappa shape index (κ1) is 19.2. The number of rotatable bonds is 6. The molecule has 1 heterocycles. The summed E-state index contributed by atoms with van der Waals surface area (Å²) < 4.78 is 57.6. The zero-order chi connectivity index (χ0) is 18.7. The van der Waals surface area contributed by atoms with E-state index in [0.29, 0.717) is 6.42 Å². The molecule has 1 aromatic carbocycles. The molecule has 0 radical (unpaired) electrons. The maximum absolute atomic E-state index is 13.3. The summed E-state index contributed by atoms with van der Waals surface area (Å²) in [6, 6.07) is 4.64. The van der Waals surface area contributed by atoms with Crippen LogP contribution in [0.15, 0.2) is 29.4 Å². The molecule has 9 heteroatoms. The van der Waals surface area contributed by atoms with E-state index in [1.807, 2.05) is 6.92 Å². The van der Waals surface area contributed by atoms with E-state index in [0.717, 1.165) is 18.6 Å². The largest absolute Gasteiger partial charge is 0.484 e. The lowest BCUT2D eigenvalue weighted by Crippen LogP contribution is -2.57. The van der Waals surface area contributed by atoms with Gasteiger partial charge in [0.2, 0.25) is 0 Å². The van der Waals surface area contributed by atoms with Crippen molar-refractivity contribution in [1.82, 2.24) is 5.01 Å². The minimum atomic E-state index is -5.06. The number of nitrogens with zero attached hydrogens (tertiary/aromatic N) is 2. The van der Waals surface area contributed by atoms with Crippen LogP contribution >= 0.6 is 0 Å². The second-order valence-corrected chi connectivity index (χ2v) is 5.71. The van der Waals surface area contributed by atoms with E-state index in [1.54, 1.807) is 0 Å². The number of benzene rings is 1. The molecule has 5 nitrogen and oxygen atoms in total. The molecule has 0 saturated carbocycles. The third kappa shape index (κ3) is 4.28. The van der Waals surface area contributed by atoms with E-state index in [-0.39, 0.29) is 22.9 Å². The number of ether oxygens (including phenoxy) is 1. The van der Waals surface area contributed by atoms with Gasteiger partial charge in [-0.25, -0.2) is 4.39 Å². The van der Waals surface area contributed by atoms with Crippen LogP contribution in [0.2, 0.25) is 0 Å². The van der Waals surface area contributed by atoms with Crippen molar-refractivity contribution in [3.8, 4) is 5.75 Å². The number of aliphatic hydroxyl groups is 1. The van der Waals surface area contributed by atoms with Crippen LogP contribution in [0.25, 0.3) is 0 Å². The van der Waals surface area contributed by atoms with Gasteiger partial charge in [0.05, 0.1) is 0 Å². The summed E-state index contributed by atoms with van der Waals surface area (Å²) in [6.07, 6.45) is -4.24. The zero-order valence-corrected chi connectivity index (χ0v) is 13.5. The molecule has 1 atom stereocenters. The van der Waals surface area contributed by atoms with Crippen molar-refractivity contribution in [2.45, 2.75) is 44.5 Å². The van der Waals surface area contributed by atoms with Crippen LogP contribution in [-0.4, -0.2) is 40.2 Å². The highest BCUT2D eigenvalue weighted by Gasteiger charge is 2.63. The van der Waals surface area contributed by atoms with Crippen LogP contribution in [0.5, 0.6) is 5.75 Å². The van der Waals surface area contributed by atoms with Crippen molar-refractivity contribution < 1.29 is 32.2 Å². The Morgan fingerprint density at radius 1 is 1.36 bits per heavy atom. The van der Waals surface area contributed by atoms with Gasteiger partial charge >= 0.3 is 6.18 Å². The Bertz CT molecular complexity index is 646. The number of hydrogen-bond donors (Lipinski definition) is 1. The predicted molar refractivity (Wildman–Crippen MR) is 81.3 cm³/mol. The SMILES string of the molecule is CCCCC1=NN(C(=O)COc2ccc(F)cc2)[C@@](O)(C(F)(F)F)C1. The Kier molecular flexibility index (Phi) is 5.66. The van der Waals surface area contributed by atoms with Crippen molar-refractivity contribution in [2.75, 3.05) is 6.61 Å². The molecule has 1 aliphatic rings. The van der Waals surface area contributed by atoms with Gasteiger partial charge in [-0.2, -0.15) is 23.3 Å². The lowest BCUT2D eigenvalue weighted by Gasteiger charge is -2.32. The Balaban J connectivity index is 2.12. The van der Waals surface area contributed by atoms with Gasteiger partial charge in [0.15, 0.2) is 6.61 Å². The Morgan fingerprint density at radius 2 is 2.00 bits per heavy atom. The first-order valence-electron chi connectivity index (χ1n) is 7.74. The number of unbranched alkanes of at least 4 members (excludes halogenated alkanes) is 1. The molecule has 0 fully saturated rings. The summed E-state index contributed by atoms with van der Waals surface area (Å²) in [5.74, 6) is -1.55. The fraction of sp³-hybridized carbons (Fsp3) is 0.500. The average molecular weight is 362 g/mol. The van der Waals surface area contributed by atoms with Crippen LogP contribution in [-0.2, 0) is 4.79 Å². The molecule has 1 aromatic rings. The van der Waals surface area contributed by atoms with E-state index in [2.05, 4.69) is 5.10 Å². The van der Waals surface area contributed by atoms with E-state index >= 15 is 0 Å². The van der Waals surface area contributed by atoms with Crippen LogP contribution in [0, 0.1) is 5.82 Å². The molecule has 0 unspecified atom stereocenters. The number of alkyl halides is 3. The van der Waals surface area contributed by atoms with Crippen molar-refractivity contribution in [1.29, 1.82) is 0 Å². The molecule has 2 rings (SSSR count). The summed E-state index contributed by atoms with van der Waals surface area (Å²) in [6.45, 7) is 1.10. The van der Waals surface area contributed by atoms with Gasteiger partial charge in [-0.05, 0) is 37.1 Å². The summed E-state index contributed by atoms with van der Waals surface area (Å²) in [4.78, 5) is 12.1. The van der Waals surface area contributed by atoms with Gasteiger partial charge in [0.25, 0.3) is 11.6 Å². The third-order valence-corrected chi connectivity index (χ3v) is 3.73. The topological polar surface area (TPSA) is 62.1 Å². The van der Waals surface area contributed by atoms with Gasteiger partial charge in [-0.3, -0.25) is 4.79 Å². The van der Waals surface area contributed by atoms with Crippen LogP contribution in [0.1, 0.15) is 32.6 Å². The molecular weight excluding hydrogens is 344 g/mol. The molecular formula is C16H18F4N2O3. The highest BCUT2D eigenvalue weighted by atomic mass is 19.4. The molecule has 138 valence electrons. The van der Waals surface area contributed by atoms with Crippen molar-refractivity contribution in [3.63, 3.8) is 0 Å². The second-order valence-electron chi connectivity index (χ2n) is 5.71. The first-order valence-corrected chi connectivity index (χ1v) is 7.74. The predicted octanol–water partition coefficient (Wildman–Crippen LogP) is 3.23. The standard InChI is InChI=1S/C16H18F4N2O3/c1-2-3-4-12-9-15(24,16(18,19)20)22(21-12)14(23)10-25-13-7-5-11(17)6-8-13/h5-8,24H,2-4,9-10H2,1H3/t15-/m0/s1. The van der Waals surface area contributed by atoms with Crippen LogP contribution < -0.4 is 4.74 Å². The minimum Gasteiger partial charge on any atom is -0.484 e. The van der Waals surface area contributed by atoms with E-state index < -0.39 is 36.7 Å². The number of carbonyl (C=O) groups is 1. The van der Waals surface area contributed by atoms with Gasteiger partial charge < -0.3 is 9.84 Å². The smallest absolute Gasteiger partial charge is 0.438 e. The molecule has 0 bridgehead atoms. The first-order chi connectivity index (χ1) is 11.7. The van der Waals surface area contributed by atoms with Crippen molar-refractivity contribution in [2.24, 2.45) is 5.10 Å². The Hall–Kier alpha value is -2.16. The van der Waals surface area contributed by atoms with Crippen LogP contribution in [0.3, 0.4) is 0 Å². The third-order valence-electron chi connectivity index (χ3n) is 3.73. The molecule has 0 aliphatic carbocycles. The monoisotopic (exact) mass is 362 g/mol. The van der Waals surface area contributed by atoms with Crippen molar-refractivity contribution >= 4 is 11.6 Å². The number of hydrazone groups is 1. The summed E-state index contributed by atoms with van der Waals surface area (Å²) in [5, 5.41) is 13.7. The molecule has 0 spiro atoms. The summed E-state index contributed by atoms with van der Waals surface area (Å²) >= 11 is 0. The highest BCUT2D eigenvalue weighted by Crippen LogP contribution is 2.41. The second kappa shape index (κ2) is 7.38. The van der Waals surface area contributed by atoms with E-state index in [1.165, 1.54) is 12.1 Å². The fourth-order valence-electron chi connectivity index (χ4n) is 2.36. The fourth-order valence-corrected chi connectivity index (χ4v) is 2.36. The number of amides is 1. The molecule has 1 aliphatic heterocycles. The van der Waals surface area contributed by atoms with Crippen molar-refractivity contribution in [3.05, 3.63) is 30.1 Å². The molecule has 1 N–H and O–H groups in total. The lowest BCUT2D eigenvalue weighted by molar-refractivity contribution is -0.302. The summed E-state index contributed by atoms with van der Waals surface area (Å²) in [5.41, 5.74) is -3.27. The Morgan fingerprint density at radius 3 is 2.56 bits per heavy atom.